The van der Waals surface area contributed by atoms with Crippen molar-refractivity contribution in [2.75, 3.05) is 6.54 Å². The summed E-state index contributed by atoms with van der Waals surface area (Å²) in [5.74, 6) is 0.154. The second-order valence-corrected chi connectivity index (χ2v) is 6.46. The van der Waals surface area contributed by atoms with Gasteiger partial charge in [-0.2, -0.15) is 0 Å². The van der Waals surface area contributed by atoms with E-state index in [-0.39, 0.29) is 23.4 Å². The third-order valence-electron chi connectivity index (χ3n) is 4.38. The van der Waals surface area contributed by atoms with E-state index in [1.54, 1.807) is 19.1 Å². The molecule has 1 aliphatic carbocycles. The quantitative estimate of drug-likeness (QED) is 0.897. The molecule has 0 aliphatic heterocycles. The minimum atomic E-state index is -0.230. The number of rotatable bonds is 4. The van der Waals surface area contributed by atoms with Crippen molar-refractivity contribution in [2.45, 2.75) is 59.1 Å². The van der Waals surface area contributed by atoms with Crippen LogP contribution in [0.15, 0.2) is 18.2 Å². The summed E-state index contributed by atoms with van der Waals surface area (Å²) >= 11 is 0. The number of hydrogen-bond acceptors (Lipinski definition) is 2. The lowest BCUT2D eigenvalue weighted by atomic mass is 9.71. The molecule has 2 nitrogen and oxygen atoms in total. The molecule has 2 unspecified atom stereocenters. The molecule has 0 radical (unpaired) electrons. The Bertz CT molecular complexity index is 458. The number of nitrogens with one attached hydrogen (secondary N) is 1. The van der Waals surface area contributed by atoms with Crippen LogP contribution >= 0.6 is 0 Å². The summed E-state index contributed by atoms with van der Waals surface area (Å²) in [7, 11) is 0. The number of halogens is 1. The zero-order valence-electron chi connectivity index (χ0n) is 13.0. The topological polar surface area (TPSA) is 21.3 Å². The van der Waals surface area contributed by atoms with Gasteiger partial charge in [0.05, 0.1) is 0 Å². The minimum Gasteiger partial charge on any atom is -0.486 e. The van der Waals surface area contributed by atoms with Crippen LogP contribution in [0.5, 0.6) is 5.75 Å². The maximum absolute atomic E-state index is 14.1. The van der Waals surface area contributed by atoms with Gasteiger partial charge >= 0.3 is 0 Å². The number of benzene rings is 1. The summed E-state index contributed by atoms with van der Waals surface area (Å²) < 4.78 is 20.1. The first-order valence-electron chi connectivity index (χ1n) is 7.61. The normalized spacial score (nSPS) is 25.4. The average Bonchev–Trinajstić information content (AvgIpc) is 2.39. The summed E-state index contributed by atoms with van der Waals surface area (Å²) in [5.41, 5.74) is 0.816. The summed E-state index contributed by atoms with van der Waals surface area (Å²) in [6.07, 6.45) is 3.33. The Labute approximate surface area is 121 Å². The molecule has 1 aromatic rings. The predicted octanol–water partition coefficient (Wildman–Crippen LogP) is 4.07. The Balaban J connectivity index is 2.19. The second-order valence-electron chi connectivity index (χ2n) is 6.46. The first kappa shape index (κ1) is 15.3. The van der Waals surface area contributed by atoms with E-state index in [4.69, 9.17) is 4.74 Å². The van der Waals surface area contributed by atoms with Crippen LogP contribution in [-0.4, -0.2) is 18.7 Å². The van der Waals surface area contributed by atoms with Crippen LogP contribution in [0.25, 0.3) is 0 Å². The lowest BCUT2D eigenvalue weighted by Crippen LogP contribution is -2.54. The molecule has 0 aromatic heterocycles. The third kappa shape index (κ3) is 3.14. The van der Waals surface area contributed by atoms with Gasteiger partial charge in [0.15, 0.2) is 11.6 Å². The van der Waals surface area contributed by atoms with E-state index in [0.717, 1.165) is 19.4 Å². The molecule has 1 aromatic carbocycles. The first-order chi connectivity index (χ1) is 9.45. The lowest BCUT2D eigenvalue weighted by Gasteiger charge is -2.44. The number of aryl methyl sites for hydroxylation is 1. The van der Waals surface area contributed by atoms with Crippen LogP contribution in [0, 0.1) is 18.2 Å². The van der Waals surface area contributed by atoms with E-state index in [2.05, 4.69) is 26.1 Å². The third-order valence-corrected chi connectivity index (χ3v) is 4.38. The molecule has 2 atom stereocenters. The molecule has 0 bridgehead atoms. The van der Waals surface area contributed by atoms with Crippen LogP contribution in [0.3, 0.4) is 0 Å². The van der Waals surface area contributed by atoms with Gasteiger partial charge in [0.25, 0.3) is 0 Å². The summed E-state index contributed by atoms with van der Waals surface area (Å²) in [4.78, 5) is 0. The monoisotopic (exact) mass is 279 g/mol. The second kappa shape index (κ2) is 6.13. The molecule has 0 heterocycles. The van der Waals surface area contributed by atoms with E-state index in [1.807, 2.05) is 6.07 Å². The molecular formula is C17H26FNO. The van der Waals surface area contributed by atoms with Gasteiger partial charge in [-0.3, -0.25) is 0 Å². The number of ether oxygens (including phenoxy) is 1. The smallest absolute Gasteiger partial charge is 0.167 e. The zero-order valence-corrected chi connectivity index (χ0v) is 13.0. The van der Waals surface area contributed by atoms with E-state index >= 15 is 0 Å². The predicted molar refractivity (Wildman–Crippen MR) is 80.6 cm³/mol. The molecule has 112 valence electrons. The first-order valence-corrected chi connectivity index (χ1v) is 7.61. The fourth-order valence-electron chi connectivity index (χ4n) is 3.21. The van der Waals surface area contributed by atoms with Crippen molar-refractivity contribution in [2.24, 2.45) is 5.41 Å². The van der Waals surface area contributed by atoms with E-state index in [9.17, 15) is 4.39 Å². The van der Waals surface area contributed by atoms with Crippen molar-refractivity contribution in [3.8, 4) is 5.75 Å². The molecule has 20 heavy (non-hydrogen) atoms. The highest BCUT2D eigenvalue weighted by atomic mass is 19.1. The largest absolute Gasteiger partial charge is 0.486 e. The van der Waals surface area contributed by atoms with E-state index in [0.29, 0.717) is 11.3 Å². The minimum absolute atomic E-state index is 0.0370. The van der Waals surface area contributed by atoms with Crippen LogP contribution in [-0.2, 0) is 0 Å². The molecule has 2 rings (SSSR count). The van der Waals surface area contributed by atoms with Gasteiger partial charge in [-0.1, -0.05) is 32.9 Å². The van der Waals surface area contributed by atoms with E-state index < -0.39 is 0 Å². The maximum atomic E-state index is 14.1. The Kier molecular flexibility index (Phi) is 4.69. The van der Waals surface area contributed by atoms with Crippen molar-refractivity contribution < 1.29 is 9.13 Å². The van der Waals surface area contributed by atoms with E-state index in [1.165, 1.54) is 6.42 Å². The summed E-state index contributed by atoms with van der Waals surface area (Å²) in [6.45, 7) is 9.32. The van der Waals surface area contributed by atoms with Crippen LogP contribution in [0.4, 0.5) is 4.39 Å². The molecule has 1 saturated carbocycles. The van der Waals surface area contributed by atoms with Gasteiger partial charge in [0, 0.05) is 6.04 Å². The fourth-order valence-corrected chi connectivity index (χ4v) is 3.21. The van der Waals surface area contributed by atoms with Crippen molar-refractivity contribution in [1.29, 1.82) is 0 Å². The summed E-state index contributed by atoms with van der Waals surface area (Å²) in [5, 5.41) is 3.53. The Hall–Kier alpha value is -1.09. The molecular weight excluding hydrogens is 253 g/mol. The highest BCUT2D eigenvalue weighted by molar-refractivity contribution is 5.30. The fraction of sp³-hybridized carbons (Fsp3) is 0.647. The van der Waals surface area contributed by atoms with Gasteiger partial charge in [-0.25, -0.2) is 4.39 Å². The Morgan fingerprint density at radius 1 is 1.40 bits per heavy atom. The zero-order chi connectivity index (χ0) is 14.8. The molecule has 1 N–H and O–H groups in total. The van der Waals surface area contributed by atoms with Gasteiger partial charge in [0.1, 0.15) is 6.10 Å². The summed E-state index contributed by atoms with van der Waals surface area (Å²) in [6, 6.07) is 5.62. The van der Waals surface area contributed by atoms with Crippen molar-refractivity contribution in [3.05, 3.63) is 29.6 Å². The van der Waals surface area contributed by atoms with Gasteiger partial charge in [-0.05, 0) is 49.8 Å². The van der Waals surface area contributed by atoms with Crippen LogP contribution in [0.2, 0.25) is 0 Å². The standard InChI is InChI=1S/C17H26FNO/c1-5-19-16-14(10-7-11-17(16,3)4)20-13-9-6-8-12(2)15(13)18/h6,8-9,14,16,19H,5,7,10-11H2,1-4H3. The number of hydrogen-bond donors (Lipinski definition) is 1. The molecule has 1 aliphatic rings. The maximum Gasteiger partial charge on any atom is 0.167 e. The van der Waals surface area contributed by atoms with Gasteiger partial charge < -0.3 is 10.1 Å². The molecule has 0 amide bonds. The Morgan fingerprint density at radius 2 is 2.15 bits per heavy atom. The molecule has 3 heteroatoms. The molecule has 1 fully saturated rings. The Morgan fingerprint density at radius 3 is 2.85 bits per heavy atom. The highest BCUT2D eigenvalue weighted by Gasteiger charge is 2.40. The molecule has 0 saturated heterocycles. The van der Waals surface area contributed by atoms with Gasteiger partial charge in [0.2, 0.25) is 0 Å². The van der Waals surface area contributed by atoms with Crippen molar-refractivity contribution >= 4 is 0 Å². The van der Waals surface area contributed by atoms with Crippen molar-refractivity contribution in [1.82, 2.24) is 5.32 Å². The lowest BCUT2D eigenvalue weighted by molar-refractivity contribution is 0.0348. The average molecular weight is 279 g/mol. The van der Waals surface area contributed by atoms with Crippen LogP contribution in [0.1, 0.15) is 45.6 Å². The van der Waals surface area contributed by atoms with Gasteiger partial charge in [-0.15, -0.1) is 0 Å². The SMILES string of the molecule is CCNC1C(Oc2cccc(C)c2F)CCCC1(C)C. The molecule has 0 spiro atoms. The highest BCUT2D eigenvalue weighted by Crippen LogP contribution is 2.38. The van der Waals surface area contributed by atoms with Crippen molar-refractivity contribution in [3.63, 3.8) is 0 Å². The number of likely N-dealkylation sites (N-methyl/N-ethyl adjacent to an activating group) is 1. The van der Waals surface area contributed by atoms with Crippen LogP contribution < -0.4 is 10.1 Å².